The Hall–Kier alpha value is -2.74. The maximum atomic E-state index is 13.8. The molecular formula is C30H45N9O3. The Labute approximate surface area is 248 Å². The number of rotatable bonds is 3. The highest BCUT2D eigenvalue weighted by molar-refractivity contribution is 5.82. The molecule has 2 bridgehead atoms. The van der Waals surface area contributed by atoms with E-state index in [-0.39, 0.29) is 55.2 Å². The van der Waals surface area contributed by atoms with Crippen molar-refractivity contribution in [1.29, 1.82) is 0 Å². The number of nitrogens with one attached hydrogen (secondary N) is 4. The van der Waals surface area contributed by atoms with Gasteiger partial charge in [0, 0.05) is 50.6 Å². The zero-order valence-corrected chi connectivity index (χ0v) is 24.6. The molecule has 5 fully saturated rings. The number of piperidine rings is 1. The third-order valence-corrected chi connectivity index (χ3v) is 9.74. The number of anilines is 2. The summed E-state index contributed by atoms with van der Waals surface area (Å²) in [5, 5.41) is 18.7. The number of nitrogens with zero attached hydrogens (tertiary/aromatic N) is 5. The molecule has 42 heavy (non-hydrogen) atoms. The number of allylic oxidation sites excluding steroid dienone is 1. The van der Waals surface area contributed by atoms with Crippen LogP contribution in [0, 0.1) is 5.92 Å². The van der Waals surface area contributed by atoms with Crippen LogP contribution in [0.1, 0.15) is 32.1 Å². The lowest BCUT2D eigenvalue weighted by Crippen LogP contribution is -2.72. The second kappa shape index (κ2) is 12.1. The number of amides is 2. The summed E-state index contributed by atoms with van der Waals surface area (Å²) in [5.74, 6) is -0.0278. The number of hydrazine groups is 1. The van der Waals surface area contributed by atoms with E-state index in [1.807, 2.05) is 9.91 Å². The lowest BCUT2D eigenvalue weighted by Gasteiger charge is -2.50. The van der Waals surface area contributed by atoms with E-state index in [0.717, 1.165) is 70.5 Å². The molecule has 6 aliphatic rings. The van der Waals surface area contributed by atoms with E-state index in [4.69, 9.17) is 4.74 Å². The first kappa shape index (κ1) is 28.1. The molecule has 4 N–H and O–H groups in total. The van der Waals surface area contributed by atoms with Gasteiger partial charge in [0.15, 0.2) is 0 Å². The van der Waals surface area contributed by atoms with E-state index in [1.54, 1.807) is 0 Å². The van der Waals surface area contributed by atoms with Gasteiger partial charge < -0.3 is 24.8 Å². The summed E-state index contributed by atoms with van der Waals surface area (Å²) in [6, 6.07) is 8.65. The van der Waals surface area contributed by atoms with Crippen LogP contribution in [0.4, 0.5) is 11.4 Å². The Morgan fingerprint density at radius 1 is 0.929 bits per heavy atom. The quantitative estimate of drug-likeness (QED) is 0.375. The minimum Gasteiger partial charge on any atom is -0.369 e. The monoisotopic (exact) mass is 579 g/mol. The molecule has 0 aromatic heterocycles. The lowest BCUT2D eigenvalue weighted by molar-refractivity contribution is -0.176. The van der Waals surface area contributed by atoms with Crippen molar-refractivity contribution < 1.29 is 14.3 Å². The van der Waals surface area contributed by atoms with Crippen molar-refractivity contribution in [2.45, 2.75) is 63.0 Å². The van der Waals surface area contributed by atoms with Crippen molar-refractivity contribution >= 4 is 23.2 Å². The number of likely N-dealkylation sites (N-methyl/N-ethyl adjacent to an activating group) is 1. The van der Waals surface area contributed by atoms with Gasteiger partial charge in [-0.25, -0.2) is 0 Å². The molecule has 0 radical (unpaired) electrons. The van der Waals surface area contributed by atoms with E-state index < -0.39 is 0 Å². The Morgan fingerprint density at radius 3 is 2.60 bits per heavy atom. The van der Waals surface area contributed by atoms with Gasteiger partial charge in [-0.2, -0.15) is 5.01 Å². The van der Waals surface area contributed by atoms with Gasteiger partial charge in [-0.3, -0.25) is 30.5 Å². The van der Waals surface area contributed by atoms with Crippen molar-refractivity contribution in [2.75, 3.05) is 69.7 Å². The Kier molecular flexibility index (Phi) is 8.08. The summed E-state index contributed by atoms with van der Waals surface area (Å²) in [6.45, 7) is 6.27. The first-order valence-corrected chi connectivity index (χ1v) is 15.8. The van der Waals surface area contributed by atoms with Crippen LogP contribution in [0.15, 0.2) is 36.4 Å². The molecule has 1 aromatic carbocycles. The molecule has 0 aliphatic carbocycles. The molecule has 6 aliphatic heterocycles. The smallest absolute Gasteiger partial charge is 0.249 e. The standard InChI is InChI=1S/C30H45N9O3/c1-35-15-17-36(18-16-35)22-9-7-21(8-10-22)32-30-31-19-23-27(34-30)39-25-12-11-24-28(33-25)37(26(40)20-42-24)13-5-3-2-4-6-14-38(39)29(23)41/h4,6-10,23-25,27-28,30-34H,2-3,5,11-20H2,1H3/b6-4+. The topological polar surface area (TPSA) is 108 Å². The van der Waals surface area contributed by atoms with Crippen molar-refractivity contribution in [2.24, 2.45) is 5.92 Å². The number of hydrogen-bond donors (Lipinski definition) is 4. The summed E-state index contributed by atoms with van der Waals surface area (Å²) in [5.41, 5.74) is 2.27. The van der Waals surface area contributed by atoms with Crippen molar-refractivity contribution in [3.63, 3.8) is 0 Å². The molecular weight excluding hydrogens is 534 g/mol. The van der Waals surface area contributed by atoms with Crippen LogP contribution in [0.25, 0.3) is 0 Å². The van der Waals surface area contributed by atoms with Crippen molar-refractivity contribution in [1.82, 2.24) is 35.8 Å². The summed E-state index contributed by atoms with van der Waals surface area (Å²) in [6.07, 6.45) is 8.23. The summed E-state index contributed by atoms with van der Waals surface area (Å²) in [7, 11) is 2.17. The van der Waals surface area contributed by atoms with E-state index in [1.165, 1.54) is 5.69 Å². The number of fused-ring (bicyclic) bond motifs is 5. The van der Waals surface area contributed by atoms with Gasteiger partial charge in [-0.15, -0.1) is 0 Å². The zero-order valence-electron chi connectivity index (χ0n) is 24.6. The molecule has 1 aromatic rings. The summed E-state index contributed by atoms with van der Waals surface area (Å²) < 4.78 is 5.96. The molecule has 0 saturated carbocycles. The lowest BCUT2D eigenvalue weighted by atomic mass is 9.99. The highest BCUT2D eigenvalue weighted by Gasteiger charge is 2.53. The van der Waals surface area contributed by atoms with Gasteiger partial charge in [0.05, 0.1) is 30.9 Å². The predicted molar refractivity (Wildman–Crippen MR) is 160 cm³/mol. The number of carbonyl (C=O) groups excluding carboxylic acids is 2. The number of morpholine rings is 1. The van der Waals surface area contributed by atoms with Crippen LogP contribution in [-0.2, 0) is 14.3 Å². The molecule has 6 atom stereocenters. The number of carbonyl (C=O) groups is 2. The van der Waals surface area contributed by atoms with E-state index in [9.17, 15) is 9.59 Å². The Bertz CT molecular complexity index is 1160. The third-order valence-electron chi connectivity index (χ3n) is 9.74. The molecule has 5 saturated heterocycles. The SMILES string of the molecule is CN1CCN(c2ccc(NC3NCC4C(=O)N5C/C=C/CCCCN6C(=O)COC7CCC(NC76)N5C4N3)cc2)CC1. The van der Waals surface area contributed by atoms with Gasteiger partial charge in [0.1, 0.15) is 19.1 Å². The highest BCUT2D eigenvalue weighted by Crippen LogP contribution is 2.33. The fourth-order valence-corrected chi connectivity index (χ4v) is 7.34. The maximum Gasteiger partial charge on any atom is 0.249 e. The molecule has 6 unspecified atom stereocenters. The minimum absolute atomic E-state index is 0.0195. The molecule has 0 spiro atoms. The normalized spacial score (nSPS) is 35.5. The van der Waals surface area contributed by atoms with Gasteiger partial charge in [0.25, 0.3) is 0 Å². The van der Waals surface area contributed by atoms with Crippen LogP contribution in [0.5, 0.6) is 0 Å². The van der Waals surface area contributed by atoms with E-state index in [2.05, 4.69) is 79.5 Å². The van der Waals surface area contributed by atoms with Gasteiger partial charge >= 0.3 is 0 Å². The van der Waals surface area contributed by atoms with Gasteiger partial charge in [0.2, 0.25) is 11.8 Å². The first-order valence-electron chi connectivity index (χ1n) is 15.8. The first-order chi connectivity index (χ1) is 20.5. The van der Waals surface area contributed by atoms with Crippen LogP contribution in [0.3, 0.4) is 0 Å². The number of piperazine rings is 1. The molecule has 12 nitrogen and oxygen atoms in total. The maximum absolute atomic E-state index is 13.8. The Balaban J connectivity index is 1.08. The van der Waals surface area contributed by atoms with Crippen LogP contribution < -0.4 is 26.2 Å². The summed E-state index contributed by atoms with van der Waals surface area (Å²) in [4.78, 5) is 33.4. The predicted octanol–water partition coefficient (Wildman–Crippen LogP) is 0.331. The number of ether oxygens (including phenoxy) is 1. The fourth-order valence-electron chi connectivity index (χ4n) is 7.34. The Morgan fingerprint density at radius 2 is 1.76 bits per heavy atom. The minimum atomic E-state index is -0.205. The highest BCUT2D eigenvalue weighted by atomic mass is 16.5. The third kappa shape index (κ3) is 5.51. The average Bonchev–Trinajstić information content (AvgIpc) is 3.28. The molecule has 7 rings (SSSR count). The fraction of sp³-hybridized carbons (Fsp3) is 0.667. The summed E-state index contributed by atoms with van der Waals surface area (Å²) >= 11 is 0. The molecule has 228 valence electrons. The van der Waals surface area contributed by atoms with Gasteiger partial charge in [-0.1, -0.05) is 12.2 Å². The number of hydrogen-bond acceptors (Lipinski definition) is 10. The van der Waals surface area contributed by atoms with Crippen LogP contribution in [0.2, 0.25) is 0 Å². The largest absolute Gasteiger partial charge is 0.369 e. The van der Waals surface area contributed by atoms with Crippen molar-refractivity contribution in [3.05, 3.63) is 36.4 Å². The molecule has 6 heterocycles. The van der Waals surface area contributed by atoms with E-state index in [0.29, 0.717) is 13.1 Å². The van der Waals surface area contributed by atoms with E-state index >= 15 is 0 Å². The van der Waals surface area contributed by atoms with Gasteiger partial charge in [-0.05, 0) is 63.4 Å². The second-order valence-corrected chi connectivity index (χ2v) is 12.4. The average molecular weight is 580 g/mol. The molecule has 2 amide bonds. The number of benzene rings is 1. The second-order valence-electron chi connectivity index (χ2n) is 12.4. The molecule has 12 heteroatoms. The van der Waals surface area contributed by atoms with Crippen LogP contribution in [-0.4, -0.2) is 122 Å². The van der Waals surface area contributed by atoms with Crippen LogP contribution >= 0.6 is 0 Å². The van der Waals surface area contributed by atoms with Crippen molar-refractivity contribution in [3.8, 4) is 0 Å². The zero-order chi connectivity index (χ0) is 28.6.